The highest BCUT2D eigenvalue weighted by atomic mass is 17.2. The summed E-state index contributed by atoms with van der Waals surface area (Å²) in [7, 11) is 0. The van der Waals surface area contributed by atoms with Crippen molar-refractivity contribution in [3.63, 3.8) is 0 Å². The lowest BCUT2D eigenvalue weighted by Crippen LogP contribution is -2.37. The Hall–Kier alpha value is -6.06. The van der Waals surface area contributed by atoms with Crippen LogP contribution >= 0.6 is 0 Å². The zero-order valence-electron chi connectivity index (χ0n) is 52.4. The van der Waals surface area contributed by atoms with Crippen molar-refractivity contribution in [1.29, 1.82) is 0 Å². The first kappa shape index (κ1) is 72.0. The summed E-state index contributed by atoms with van der Waals surface area (Å²) in [5.41, 5.74) is -7.11. The van der Waals surface area contributed by atoms with Crippen molar-refractivity contribution in [2.45, 2.75) is 264 Å². The lowest BCUT2D eigenvalue weighted by atomic mass is 9.88. The van der Waals surface area contributed by atoms with E-state index in [4.69, 9.17) is 28.7 Å². The smallest absolute Gasteiger partial charge is 0.387 e. The molecule has 0 heterocycles. The van der Waals surface area contributed by atoms with Crippen LogP contribution in [0.5, 0.6) is 0 Å². The van der Waals surface area contributed by atoms with Gasteiger partial charge in [0, 0.05) is 22.3 Å². The molecule has 0 aliphatic heterocycles. The maximum atomic E-state index is 15.2. The fourth-order valence-electron chi connectivity index (χ4n) is 8.44. The molecule has 0 fully saturated rings. The molecule has 4 atom stereocenters. The third kappa shape index (κ3) is 22.9. The van der Waals surface area contributed by atoms with E-state index in [1.807, 2.05) is 27.7 Å². The Morgan fingerprint density at radius 3 is 0.756 bits per heavy atom. The molecule has 82 heavy (non-hydrogen) atoms. The van der Waals surface area contributed by atoms with Crippen LogP contribution in [0.25, 0.3) is 0 Å². The molecule has 458 valence electrons. The fraction of sp³-hybridized carbons (Fsp3) is 0.667. The second-order valence-electron chi connectivity index (χ2n) is 25.6. The number of unbranched alkanes of at least 4 members (excludes halogenated alkanes) is 12. The first-order chi connectivity index (χ1) is 38.3. The van der Waals surface area contributed by atoms with E-state index in [1.54, 1.807) is 83.1 Å². The lowest BCUT2D eigenvalue weighted by Gasteiger charge is -2.26. The molecular formula is C66H98O16. The predicted molar refractivity (Wildman–Crippen MR) is 313 cm³/mol. The fourth-order valence-corrected chi connectivity index (χ4v) is 8.44. The summed E-state index contributed by atoms with van der Waals surface area (Å²) < 4.78 is 23.6. The number of benzene rings is 2. The van der Waals surface area contributed by atoms with Crippen LogP contribution in [0.2, 0.25) is 0 Å². The van der Waals surface area contributed by atoms with Gasteiger partial charge < -0.3 is 18.9 Å². The molecule has 0 aliphatic rings. The van der Waals surface area contributed by atoms with Gasteiger partial charge in [0.2, 0.25) is 23.1 Å². The monoisotopic (exact) mass is 1150 g/mol. The molecule has 0 N–H and O–H groups in total. The predicted octanol–water partition coefficient (Wildman–Crippen LogP) is 15.1. The molecule has 0 radical (unpaired) electrons. The van der Waals surface area contributed by atoms with E-state index in [0.29, 0.717) is 51.4 Å². The van der Waals surface area contributed by atoms with E-state index in [0.717, 1.165) is 63.5 Å². The number of carbonyl (C=O) groups excluding carboxylic acids is 10. The van der Waals surface area contributed by atoms with E-state index in [-0.39, 0.29) is 36.8 Å². The number of carbonyl (C=O) groups is 10. The average molecular weight is 1150 g/mol. The highest BCUT2D eigenvalue weighted by Gasteiger charge is 2.41. The maximum absolute atomic E-state index is 15.2. The van der Waals surface area contributed by atoms with Crippen LogP contribution in [0.15, 0.2) is 36.4 Å². The molecule has 16 nitrogen and oxygen atoms in total. The van der Waals surface area contributed by atoms with Crippen LogP contribution in [0.1, 0.15) is 301 Å². The normalized spacial score (nSPS) is 13.4. The van der Waals surface area contributed by atoms with Gasteiger partial charge in [-0.15, -0.1) is 0 Å². The van der Waals surface area contributed by atoms with Gasteiger partial charge in [0.05, 0.1) is 32.8 Å². The van der Waals surface area contributed by atoms with Gasteiger partial charge in [0.15, 0.2) is 24.4 Å². The summed E-state index contributed by atoms with van der Waals surface area (Å²) in [6.45, 7) is 27.5. The SMILES string of the molecule is CCCCCCC(OC(=O)C(C)(C)C)C(=O)c1cccc(C(=O)OOC(=O)c2cccc(C(=O)C(CCCCCC)OC(=O)C(C)(C)C)c2C(=O)C(CCCCCC)OC(=O)C(C)(C)C)c1C(=O)C(CCCCCC)OC(=O)C(C)(C)C. The molecule has 0 aromatic heterocycles. The molecule has 2 aromatic rings. The van der Waals surface area contributed by atoms with Gasteiger partial charge in [-0.2, -0.15) is 0 Å². The average Bonchev–Trinajstić information content (AvgIpc) is 3.51. The summed E-state index contributed by atoms with van der Waals surface area (Å²) in [6.07, 6.45) is 5.64. The Kier molecular flexibility index (Phi) is 29.8. The number of ether oxygens (including phenoxy) is 4. The van der Waals surface area contributed by atoms with E-state index >= 15 is 9.59 Å². The molecule has 0 saturated heterocycles. The highest BCUT2D eigenvalue weighted by Crippen LogP contribution is 2.31. The lowest BCUT2D eigenvalue weighted by molar-refractivity contribution is -0.187. The van der Waals surface area contributed by atoms with Crippen molar-refractivity contribution in [1.82, 2.24) is 0 Å². The quantitative estimate of drug-likeness (QED) is 0.0158. The van der Waals surface area contributed by atoms with Crippen LogP contribution in [-0.2, 0) is 47.9 Å². The van der Waals surface area contributed by atoms with Crippen molar-refractivity contribution in [3.05, 3.63) is 69.8 Å². The van der Waals surface area contributed by atoms with E-state index in [1.165, 1.54) is 24.3 Å². The van der Waals surface area contributed by atoms with Crippen molar-refractivity contribution in [2.24, 2.45) is 21.7 Å². The van der Waals surface area contributed by atoms with E-state index in [9.17, 15) is 38.4 Å². The summed E-state index contributed by atoms with van der Waals surface area (Å²) in [6, 6.07) is 7.52. The van der Waals surface area contributed by atoms with Gasteiger partial charge in [-0.05, 0) is 147 Å². The number of hydrogen-bond acceptors (Lipinski definition) is 16. The van der Waals surface area contributed by atoms with Crippen LogP contribution < -0.4 is 0 Å². The molecule has 2 rings (SSSR count). The Morgan fingerprint density at radius 2 is 0.537 bits per heavy atom. The van der Waals surface area contributed by atoms with Crippen LogP contribution in [0.4, 0.5) is 0 Å². The zero-order valence-corrected chi connectivity index (χ0v) is 52.4. The van der Waals surface area contributed by atoms with Crippen LogP contribution in [-0.4, -0.2) is 83.4 Å². The van der Waals surface area contributed by atoms with Gasteiger partial charge in [-0.25, -0.2) is 19.4 Å². The topological polar surface area (TPSA) is 226 Å². The standard InChI is InChI=1S/C66H98O16/c1-17-21-25-29-39-47(77-59(73)63(5,6)7)53(67)43-35-33-37-45(51(43)55(69)49(41-31-27-23-19-3)79-61(75)65(11,12)13)57(71)81-82-58(72)46-38-34-36-44(54(68)48(40-30-26-22-18-2)78-60(74)64(8,9)10)52(46)56(70)50(42-32-28-24-20-4)80-62(76)66(14,15)16/h33-38,47-50H,17-32,39-42H2,1-16H3. The summed E-state index contributed by atoms with van der Waals surface area (Å²) in [5, 5.41) is 0. The van der Waals surface area contributed by atoms with Gasteiger partial charge in [0.1, 0.15) is 0 Å². The van der Waals surface area contributed by atoms with Gasteiger partial charge in [0.25, 0.3) is 0 Å². The maximum Gasteiger partial charge on any atom is 0.387 e. The third-order valence-electron chi connectivity index (χ3n) is 13.7. The second kappa shape index (κ2) is 33.9. The van der Waals surface area contributed by atoms with E-state index < -0.39 is 127 Å². The van der Waals surface area contributed by atoms with Crippen molar-refractivity contribution in [2.75, 3.05) is 0 Å². The largest absolute Gasteiger partial charge is 0.454 e. The Bertz CT molecular complexity index is 2320. The molecule has 0 saturated carbocycles. The molecule has 4 unspecified atom stereocenters. The molecule has 0 aliphatic carbocycles. The number of esters is 4. The minimum atomic E-state index is -1.51. The summed E-state index contributed by atoms with van der Waals surface area (Å²) in [5.74, 6) is -9.24. The third-order valence-corrected chi connectivity index (χ3v) is 13.7. The molecule has 0 bridgehead atoms. The first-order valence-corrected chi connectivity index (χ1v) is 30.0. The number of rotatable bonds is 34. The zero-order chi connectivity index (χ0) is 62.2. The van der Waals surface area contributed by atoms with Gasteiger partial charge >= 0.3 is 35.8 Å². The minimum absolute atomic E-state index is 0.0115. The molecule has 2 aromatic carbocycles. The minimum Gasteiger partial charge on any atom is -0.454 e. The van der Waals surface area contributed by atoms with Crippen molar-refractivity contribution < 1.29 is 76.7 Å². The van der Waals surface area contributed by atoms with Crippen LogP contribution in [0.3, 0.4) is 0 Å². The summed E-state index contributed by atoms with van der Waals surface area (Å²) >= 11 is 0. The second-order valence-corrected chi connectivity index (χ2v) is 25.6. The van der Waals surface area contributed by atoms with Gasteiger partial charge in [-0.1, -0.05) is 129 Å². The van der Waals surface area contributed by atoms with Crippen LogP contribution in [0, 0.1) is 21.7 Å². The summed E-state index contributed by atoms with van der Waals surface area (Å²) in [4.78, 5) is 154. The Balaban J connectivity index is 3.03. The number of hydrogen-bond donors (Lipinski definition) is 0. The molecule has 16 heteroatoms. The number of ketones is 4. The number of Topliss-reactive ketones (excluding diaryl/α,β-unsaturated/α-hetero) is 4. The Morgan fingerprint density at radius 1 is 0.317 bits per heavy atom. The Labute approximate surface area is 488 Å². The molecule has 0 amide bonds. The molecule has 0 spiro atoms. The highest BCUT2D eigenvalue weighted by molar-refractivity contribution is 6.18. The van der Waals surface area contributed by atoms with Gasteiger partial charge in [-0.3, -0.25) is 38.4 Å². The van der Waals surface area contributed by atoms with Crippen molar-refractivity contribution >= 4 is 58.9 Å². The first-order valence-electron chi connectivity index (χ1n) is 30.0. The van der Waals surface area contributed by atoms with E-state index in [2.05, 4.69) is 0 Å². The molecular weight excluding hydrogens is 1050 g/mol. The van der Waals surface area contributed by atoms with Crippen molar-refractivity contribution in [3.8, 4) is 0 Å².